The highest BCUT2D eigenvalue weighted by Crippen LogP contribution is 2.44. The van der Waals surface area contributed by atoms with Gasteiger partial charge in [-0.05, 0) is 125 Å². The Labute approximate surface area is 439 Å². The number of hydrogen-bond donors (Lipinski definition) is 2. The first kappa shape index (κ1) is 60.1. The Hall–Kier alpha value is -4.73. The number of nitrogens with zero attached hydrogens (tertiary/aromatic N) is 5. The predicted octanol–water partition coefficient (Wildman–Crippen LogP) is 4.45. The van der Waals surface area contributed by atoms with Crippen molar-refractivity contribution in [2.45, 2.75) is 199 Å². The first-order valence-electron chi connectivity index (χ1n) is 26.8. The molecule has 0 aromatic rings. The molecule has 3 aliphatic carbocycles. The number of carbonyl (C=O) groups excluding carboxylic acids is 8. The number of rotatable bonds is 13. The van der Waals surface area contributed by atoms with Crippen LogP contribution in [0.4, 0.5) is 9.59 Å². The fraction of sp³-hybridized carbons (Fsp3) is 0.846. The number of likely N-dealkylation sites (N-methyl/N-ethyl adjacent to an activating group) is 2. The highest BCUT2D eigenvalue weighted by Gasteiger charge is 2.57. The molecule has 6 fully saturated rings. The van der Waals surface area contributed by atoms with Crippen LogP contribution in [0.5, 0.6) is 0 Å². The lowest BCUT2D eigenvalue weighted by atomic mass is 9.83. The number of nitrogens with one attached hydrogen (secondary N) is 2. The summed E-state index contributed by atoms with van der Waals surface area (Å²) in [5.74, 6) is -3.05. The van der Waals surface area contributed by atoms with Crippen molar-refractivity contribution >= 4 is 57.8 Å². The molecule has 0 spiro atoms. The molecule has 6 amide bonds. The molecule has 74 heavy (non-hydrogen) atoms. The van der Waals surface area contributed by atoms with E-state index in [0.717, 1.165) is 89.7 Å². The molecule has 3 aliphatic heterocycles. The molecule has 6 rings (SSSR count). The molecule has 22 heteroatoms. The Morgan fingerprint density at radius 2 is 0.973 bits per heavy atom. The third kappa shape index (κ3) is 14.6. The van der Waals surface area contributed by atoms with Crippen LogP contribution in [-0.2, 0) is 57.7 Å². The van der Waals surface area contributed by atoms with Gasteiger partial charge in [-0.15, -0.1) is 0 Å². The van der Waals surface area contributed by atoms with Crippen LogP contribution in [0, 0.1) is 29.6 Å². The fourth-order valence-electron chi connectivity index (χ4n) is 11.9. The standard InChI is InChI=1S/C26H44N4O8S.C26H43N3O6/c1-16(28(5)25(34)38-26(2,3)4)22(31)27-20(17-11-9-8-10-12-17)23(32)29-14-13-19-21(29)18(24(33)37-6)15-30(19)39(7,35)36;1-16(28(5)25(33)35-26(2,3)4)22(30)27-20(17-10-8-7-9-11-17)23(31)29-15-14-18-12-13-19(21(18)29)24(32)34-6/h16-21H,8-15H2,1-7H3,(H,27,31);16-21H,7-15H2,1-6H3,(H,27,30)/t16-,18-,19+,20-,21+;16-,18+,19-,20-,21-/m00/s1. The maximum atomic E-state index is 14.1. The summed E-state index contributed by atoms with van der Waals surface area (Å²) in [7, 11) is 2.03. The van der Waals surface area contributed by atoms with E-state index in [0.29, 0.717) is 18.9 Å². The zero-order valence-electron chi connectivity index (χ0n) is 46.3. The lowest BCUT2D eigenvalue weighted by Gasteiger charge is -2.37. The average molecular weight is 1070 g/mol. The maximum absolute atomic E-state index is 14.1. The molecule has 0 aromatic carbocycles. The van der Waals surface area contributed by atoms with E-state index in [2.05, 4.69) is 10.6 Å². The largest absolute Gasteiger partial charge is 0.469 e. The van der Waals surface area contributed by atoms with Crippen LogP contribution in [0.3, 0.4) is 0 Å². The van der Waals surface area contributed by atoms with E-state index < -0.39 is 87.5 Å². The number of esters is 2. The van der Waals surface area contributed by atoms with Crippen molar-refractivity contribution in [3.63, 3.8) is 0 Å². The number of ether oxygens (including phenoxy) is 4. The van der Waals surface area contributed by atoms with Crippen LogP contribution in [0.15, 0.2) is 0 Å². The summed E-state index contributed by atoms with van der Waals surface area (Å²) < 4.78 is 47.1. The topological polar surface area (TPSA) is 248 Å². The van der Waals surface area contributed by atoms with Crippen LogP contribution >= 0.6 is 0 Å². The molecule has 0 aromatic heterocycles. The maximum Gasteiger partial charge on any atom is 0.410 e. The quantitative estimate of drug-likeness (QED) is 0.191. The lowest BCUT2D eigenvalue weighted by Crippen LogP contribution is -2.58. The molecule has 0 radical (unpaired) electrons. The van der Waals surface area contributed by atoms with E-state index in [4.69, 9.17) is 18.9 Å². The van der Waals surface area contributed by atoms with E-state index in [1.54, 1.807) is 60.3 Å². The van der Waals surface area contributed by atoms with Gasteiger partial charge in [-0.3, -0.25) is 38.6 Å². The lowest BCUT2D eigenvalue weighted by molar-refractivity contribution is -0.150. The van der Waals surface area contributed by atoms with Gasteiger partial charge in [0.1, 0.15) is 35.4 Å². The van der Waals surface area contributed by atoms with Crippen molar-refractivity contribution in [2.75, 3.05) is 54.2 Å². The van der Waals surface area contributed by atoms with Gasteiger partial charge in [0.05, 0.1) is 38.4 Å². The van der Waals surface area contributed by atoms with Crippen molar-refractivity contribution in [1.29, 1.82) is 0 Å². The molecule has 10 atom stereocenters. The second-order valence-corrected chi connectivity index (χ2v) is 25.4. The van der Waals surface area contributed by atoms with Crippen LogP contribution in [0.25, 0.3) is 0 Å². The number of hydrogen-bond acceptors (Lipinski definition) is 14. The van der Waals surface area contributed by atoms with Gasteiger partial charge in [0.25, 0.3) is 0 Å². The summed E-state index contributed by atoms with van der Waals surface area (Å²) in [5, 5.41) is 5.92. The average Bonchev–Trinajstić information content (AvgIpc) is 4.15. The molecule has 0 unspecified atom stereocenters. The van der Waals surface area contributed by atoms with Gasteiger partial charge in [-0.1, -0.05) is 38.5 Å². The monoisotopic (exact) mass is 1070 g/mol. The Morgan fingerprint density at radius 1 is 0.568 bits per heavy atom. The highest BCUT2D eigenvalue weighted by molar-refractivity contribution is 7.88. The zero-order chi connectivity index (χ0) is 55.2. The predicted molar refractivity (Wildman–Crippen MR) is 273 cm³/mol. The minimum atomic E-state index is -3.61. The van der Waals surface area contributed by atoms with Gasteiger partial charge in [-0.2, -0.15) is 4.31 Å². The number of sulfonamides is 1. The highest BCUT2D eigenvalue weighted by atomic mass is 32.2. The Morgan fingerprint density at radius 3 is 1.38 bits per heavy atom. The van der Waals surface area contributed by atoms with Crippen molar-refractivity contribution in [3.05, 3.63) is 0 Å². The number of methoxy groups -OCH3 is 2. The van der Waals surface area contributed by atoms with Crippen molar-refractivity contribution < 1.29 is 65.7 Å². The molecule has 6 aliphatic rings. The molecule has 21 nitrogen and oxygen atoms in total. The molecular weight excluding hydrogens is 979 g/mol. The van der Waals surface area contributed by atoms with E-state index in [1.807, 2.05) is 4.90 Å². The number of carbonyl (C=O) groups is 8. The van der Waals surface area contributed by atoms with Crippen molar-refractivity contribution in [2.24, 2.45) is 29.6 Å². The number of amides is 6. The zero-order valence-corrected chi connectivity index (χ0v) is 47.1. The fourth-order valence-corrected chi connectivity index (χ4v) is 13.1. The van der Waals surface area contributed by atoms with Gasteiger partial charge < -0.3 is 39.4 Å². The molecule has 3 saturated carbocycles. The van der Waals surface area contributed by atoms with Crippen LogP contribution < -0.4 is 10.6 Å². The van der Waals surface area contributed by atoms with Gasteiger partial charge in [0, 0.05) is 45.8 Å². The van der Waals surface area contributed by atoms with Crippen molar-refractivity contribution in [1.82, 2.24) is 34.5 Å². The van der Waals surface area contributed by atoms with Gasteiger partial charge in [0.2, 0.25) is 33.7 Å². The van der Waals surface area contributed by atoms with Crippen molar-refractivity contribution in [3.8, 4) is 0 Å². The third-order valence-electron chi connectivity index (χ3n) is 16.1. The molecule has 2 N–H and O–H groups in total. The first-order chi connectivity index (χ1) is 34.5. The van der Waals surface area contributed by atoms with Crippen LogP contribution in [0.2, 0.25) is 0 Å². The Bertz CT molecular complexity index is 2150. The summed E-state index contributed by atoms with van der Waals surface area (Å²) in [5.41, 5.74) is -1.41. The second kappa shape index (κ2) is 25.0. The molecule has 3 saturated heterocycles. The molecule has 3 heterocycles. The summed E-state index contributed by atoms with van der Waals surface area (Å²) in [6.45, 7) is 14.5. The summed E-state index contributed by atoms with van der Waals surface area (Å²) >= 11 is 0. The molecular formula is C52H87N7O14S. The first-order valence-corrected chi connectivity index (χ1v) is 28.6. The van der Waals surface area contributed by atoms with Gasteiger partial charge in [-0.25, -0.2) is 18.0 Å². The second-order valence-electron chi connectivity index (χ2n) is 23.4. The van der Waals surface area contributed by atoms with E-state index >= 15 is 0 Å². The van der Waals surface area contributed by atoms with E-state index in [9.17, 15) is 46.8 Å². The minimum absolute atomic E-state index is 0.0382. The van der Waals surface area contributed by atoms with Gasteiger partial charge >= 0.3 is 24.1 Å². The number of fused-ring (bicyclic) bond motifs is 2. The molecule has 0 bridgehead atoms. The van der Waals surface area contributed by atoms with E-state index in [-0.39, 0.29) is 60.6 Å². The molecule has 420 valence electrons. The van der Waals surface area contributed by atoms with Crippen LogP contribution in [0.1, 0.15) is 145 Å². The third-order valence-corrected chi connectivity index (χ3v) is 17.3. The Kier molecular flexibility index (Phi) is 20.3. The van der Waals surface area contributed by atoms with E-state index in [1.165, 1.54) is 42.4 Å². The SMILES string of the molecule is COC(=O)[C@H]1CC[C@@H]2CCN(C(=O)[C@@H](NC(=O)[C@H](C)N(C)C(=O)OC(C)(C)C)C3CCCCC3)[C@@H]21.COC(=O)[C@H]1CN(S(C)(=O)=O)[C@@H]2CCN(C(=O)[C@@H](NC(=O)[C@H](C)N(C)C(=O)OC(C)(C)C)C3CCCCC3)[C@H]12. The summed E-state index contributed by atoms with van der Waals surface area (Å²) in [6, 6.07) is -4.62. The smallest absolute Gasteiger partial charge is 0.410 e. The minimum Gasteiger partial charge on any atom is -0.469 e. The summed E-state index contributed by atoms with van der Waals surface area (Å²) in [4.78, 5) is 111. The van der Waals surface area contributed by atoms with Crippen LogP contribution in [-0.4, -0.2) is 188 Å². The van der Waals surface area contributed by atoms with Gasteiger partial charge in [0.15, 0.2) is 0 Å². The Balaban J connectivity index is 0.000000276. The number of likely N-dealkylation sites (tertiary alicyclic amines) is 2. The normalized spacial score (nSPS) is 26.2. The summed E-state index contributed by atoms with van der Waals surface area (Å²) in [6.07, 6.45) is 12.1.